The second-order valence-electron chi connectivity index (χ2n) is 5.07. The van der Waals surface area contributed by atoms with E-state index in [0.717, 1.165) is 5.56 Å². The van der Waals surface area contributed by atoms with Crippen LogP contribution in [0.5, 0.6) is 5.75 Å². The average Bonchev–Trinajstić information content (AvgIpc) is 2.47. The first kappa shape index (κ1) is 15.3. The SMILES string of the molecule is Cc1ccccc1OCC(=O)NCC1CN(C)C(=O)CO1. The Morgan fingerprint density at radius 3 is 2.95 bits per heavy atom. The third kappa shape index (κ3) is 4.46. The van der Waals surface area contributed by atoms with Gasteiger partial charge in [-0.25, -0.2) is 0 Å². The van der Waals surface area contributed by atoms with Crippen LogP contribution >= 0.6 is 0 Å². The maximum atomic E-state index is 11.7. The van der Waals surface area contributed by atoms with Crippen LogP contribution in [-0.4, -0.2) is 56.2 Å². The zero-order valence-electron chi connectivity index (χ0n) is 12.3. The fraction of sp³-hybridized carbons (Fsp3) is 0.467. The zero-order chi connectivity index (χ0) is 15.2. The lowest BCUT2D eigenvalue weighted by molar-refractivity contribution is -0.146. The van der Waals surface area contributed by atoms with Crippen molar-refractivity contribution in [2.45, 2.75) is 13.0 Å². The van der Waals surface area contributed by atoms with E-state index in [9.17, 15) is 9.59 Å². The van der Waals surface area contributed by atoms with Gasteiger partial charge in [0.2, 0.25) is 5.91 Å². The molecule has 1 heterocycles. The molecule has 1 aromatic carbocycles. The molecule has 1 aromatic rings. The Balaban J connectivity index is 1.71. The minimum Gasteiger partial charge on any atom is -0.484 e. The Kier molecular flexibility index (Phi) is 5.16. The molecular formula is C15H20N2O4. The van der Waals surface area contributed by atoms with Crippen LogP contribution in [-0.2, 0) is 14.3 Å². The van der Waals surface area contributed by atoms with E-state index in [1.807, 2.05) is 31.2 Å². The first-order valence-corrected chi connectivity index (χ1v) is 6.87. The molecular weight excluding hydrogens is 272 g/mol. The van der Waals surface area contributed by atoms with Crippen molar-refractivity contribution in [3.05, 3.63) is 29.8 Å². The smallest absolute Gasteiger partial charge is 0.258 e. The highest BCUT2D eigenvalue weighted by atomic mass is 16.5. The molecule has 21 heavy (non-hydrogen) atoms. The molecule has 1 aliphatic rings. The van der Waals surface area contributed by atoms with Gasteiger partial charge in [0.25, 0.3) is 5.91 Å². The van der Waals surface area contributed by atoms with Crippen molar-refractivity contribution in [3.63, 3.8) is 0 Å². The van der Waals surface area contributed by atoms with Gasteiger partial charge in [0, 0.05) is 20.1 Å². The molecule has 114 valence electrons. The molecule has 1 saturated heterocycles. The fourth-order valence-corrected chi connectivity index (χ4v) is 2.02. The van der Waals surface area contributed by atoms with Gasteiger partial charge in [-0.15, -0.1) is 0 Å². The number of likely N-dealkylation sites (N-methyl/N-ethyl adjacent to an activating group) is 1. The van der Waals surface area contributed by atoms with E-state index >= 15 is 0 Å². The maximum absolute atomic E-state index is 11.7. The molecule has 1 unspecified atom stereocenters. The van der Waals surface area contributed by atoms with Crippen LogP contribution in [0.2, 0.25) is 0 Å². The van der Waals surface area contributed by atoms with Crippen molar-refractivity contribution in [2.75, 3.05) is 33.4 Å². The van der Waals surface area contributed by atoms with Gasteiger partial charge in [-0.05, 0) is 18.6 Å². The highest BCUT2D eigenvalue weighted by Gasteiger charge is 2.23. The summed E-state index contributed by atoms with van der Waals surface area (Å²) in [5.41, 5.74) is 0.987. The van der Waals surface area contributed by atoms with E-state index in [2.05, 4.69) is 5.32 Å². The number of morpholine rings is 1. The van der Waals surface area contributed by atoms with Crippen LogP contribution < -0.4 is 10.1 Å². The Morgan fingerprint density at radius 1 is 1.48 bits per heavy atom. The summed E-state index contributed by atoms with van der Waals surface area (Å²) in [6.45, 7) is 2.81. The van der Waals surface area contributed by atoms with E-state index in [1.165, 1.54) is 0 Å². The lowest BCUT2D eigenvalue weighted by Gasteiger charge is -2.29. The second-order valence-corrected chi connectivity index (χ2v) is 5.07. The van der Waals surface area contributed by atoms with Crippen LogP contribution in [0, 0.1) is 6.92 Å². The number of amides is 2. The first-order valence-electron chi connectivity index (χ1n) is 6.87. The van der Waals surface area contributed by atoms with Crippen molar-refractivity contribution in [2.24, 2.45) is 0 Å². The topological polar surface area (TPSA) is 67.9 Å². The van der Waals surface area contributed by atoms with Crippen LogP contribution in [0.3, 0.4) is 0 Å². The summed E-state index contributed by atoms with van der Waals surface area (Å²) >= 11 is 0. The van der Waals surface area contributed by atoms with Crippen molar-refractivity contribution < 1.29 is 19.1 Å². The normalized spacial score (nSPS) is 18.5. The minimum atomic E-state index is -0.207. The summed E-state index contributed by atoms with van der Waals surface area (Å²) in [5, 5.41) is 2.75. The van der Waals surface area contributed by atoms with E-state index < -0.39 is 0 Å². The first-order chi connectivity index (χ1) is 10.1. The van der Waals surface area contributed by atoms with E-state index in [4.69, 9.17) is 9.47 Å². The molecule has 0 radical (unpaired) electrons. The molecule has 1 atom stereocenters. The third-order valence-electron chi connectivity index (χ3n) is 3.33. The van der Waals surface area contributed by atoms with Gasteiger partial charge in [-0.2, -0.15) is 0 Å². The Hall–Kier alpha value is -2.08. The largest absolute Gasteiger partial charge is 0.484 e. The van der Waals surface area contributed by atoms with Crippen molar-refractivity contribution in [1.82, 2.24) is 10.2 Å². The molecule has 0 aliphatic carbocycles. The highest BCUT2D eigenvalue weighted by molar-refractivity contribution is 5.78. The predicted octanol–water partition coefficient (Wildman–Crippen LogP) is 0.347. The Morgan fingerprint density at radius 2 is 2.24 bits per heavy atom. The second kappa shape index (κ2) is 7.08. The Labute approximate surface area is 124 Å². The number of nitrogens with zero attached hydrogens (tertiary/aromatic N) is 1. The molecule has 6 heteroatoms. The average molecular weight is 292 g/mol. The summed E-state index contributed by atoms with van der Waals surface area (Å²) in [6, 6.07) is 7.53. The molecule has 1 aliphatic heterocycles. The summed E-state index contributed by atoms with van der Waals surface area (Å²) in [6.07, 6.45) is -0.171. The predicted molar refractivity (Wildman–Crippen MR) is 77.1 cm³/mol. The number of hydrogen-bond acceptors (Lipinski definition) is 4. The maximum Gasteiger partial charge on any atom is 0.258 e. The number of nitrogens with one attached hydrogen (secondary N) is 1. The van der Waals surface area contributed by atoms with E-state index in [-0.39, 0.29) is 31.1 Å². The number of hydrogen-bond donors (Lipinski definition) is 1. The summed E-state index contributed by atoms with van der Waals surface area (Å²) in [7, 11) is 1.72. The molecule has 2 amide bonds. The molecule has 0 bridgehead atoms. The van der Waals surface area contributed by atoms with Gasteiger partial charge < -0.3 is 19.7 Å². The minimum absolute atomic E-state index is 0.0354. The van der Waals surface area contributed by atoms with Crippen LogP contribution in [0.15, 0.2) is 24.3 Å². The molecule has 0 aromatic heterocycles. The van der Waals surface area contributed by atoms with Crippen LogP contribution in [0.25, 0.3) is 0 Å². The standard InChI is InChI=1S/C15H20N2O4/c1-11-5-3-4-6-13(11)21-9-14(18)16-7-12-8-17(2)15(19)10-20-12/h3-6,12H,7-10H2,1-2H3,(H,16,18). The fourth-order valence-electron chi connectivity index (χ4n) is 2.02. The number of aryl methyl sites for hydroxylation is 1. The molecule has 0 saturated carbocycles. The van der Waals surface area contributed by atoms with Gasteiger partial charge in [0.05, 0.1) is 6.10 Å². The number of ether oxygens (including phenoxy) is 2. The lowest BCUT2D eigenvalue weighted by Crippen LogP contribution is -2.49. The zero-order valence-corrected chi connectivity index (χ0v) is 12.3. The number of carbonyl (C=O) groups is 2. The number of carbonyl (C=O) groups excluding carboxylic acids is 2. The molecule has 2 rings (SSSR count). The van der Waals surface area contributed by atoms with Gasteiger partial charge in [0.1, 0.15) is 12.4 Å². The molecule has 0 spiro atoms. The number of rotatable bonds is 5. The number of para-hydroxylation sites is 1. The van der Waals surface area contributed by atoms with Gasteiger partial charge in [0.15, 0.2) is 6.61 Å². The lowest BCUT2D eigenvalue weighted by atomic mass is 10.2. The van der Waals surface area contributed by atoms with Crippen molar-refractivity contribution >= 4 is 11.8 Å². The summed E-state index contributed by atoms with van der Waals surface area (Å²) in [4.78, 5) is 24.6. The Bertz CT molecular complexity index is 518. The summed E-state index contributed by atoms with van der Waals surface area (Å²) in [5.74, 6) is 0.453. The highest BCUT2D eigenvalue weighted by Crippen LogP contribution is 2.15. The molecule has 1 fully saturated rings. The van der Waals surface area contributed by atoms with E-state index in [0.29, 0.717) is 18.8 Å². The van der Waals surface area contributed by atoms with Gasteiger partial charge in [-0.1, -0.05) is 18.2 Å². The third-order valence-corrected chi connectivity index (χ3v) is 3.33. The van der Waals surface area contributed by atoms with Gasteiger partial charge >= 0.3 is 0 Å². The van der Waals surface area contributed by atoms with Crippen LogP contribution in [0.1, 0.15) is 5.56 Å². The van der Waals surface area contributed by atoms with Crippen molar-refractivity contribution in [1.29, 1.82) is 0 Å². The summed E-state index contributed by atoms with van der Waals surface area (Å²) < 4.78 is 10.8. The van der Waals surface area contributed by atoms with Crippen LogP contribution in [0.4, 0.5) is 0 Å². The van der Waals surface area contributed by atoms with Gasteiger partial charge in [-0.3, -0.25) is 9.59 Å². The number of benzene rings is 1. The van der Waals surface area contributed by atoms with Crippen molar-refractivity contribution in [3.8, 4) is 5.75 Å². The quantitative estimate of drug-likeness (QED) is 0.850. The molecule has 6 nitrogen and oxygen atoms in total. The molecule has 1 N–H and O–H groups in total. The van der Waals surface area contributed by atoms with E-state index in [1.54, 1.807) is 11.9 Å². The monoisotopic (exact) mass is 292 g/mol.